The third kappa shape index (κ3) is 6.39. The summed E-state index contributed by atoms with van der Waals surface area (Å²) < 4.78 is 66.9. The normalized spacial score (nSPS) is 23.6. The first-order chi connectivity index (χ1) is 16.9. The summed E-state index contributed by atoms with van der Waals surface area (Å²) in [6.07, 6.45) is -4.26. The summed E-state index contributed by atoms with van der Waals surface area (Å²) in [6.45, 7) is 9.21. The SMILES string of the molecule is CC(C)C[C@@H](C(=O)N[C@H]1CC[C@@H]2CN(S(=O)(=O)c3cccc(C(F)(F)F)c3)C[C@@H]21)N(C(=O)O)C(C)(C)C. The zero-order chi connectivity index (χ0) is 27.9. The van der Waals surface area contributed by atoms with E-state index in [1.165, 1.54) is 4.31 Å². The molecule has 1 saturated heterocycles. The molecule has 0 aromatic heterocycles. The molecule has 2 N–H and O–H groups in total. The number of amides is 2. The van der Waals surface area contributed by atoms with Crippen LogP contribution < -0.4 is 5.32 Å². The van der Waals surface area contributed by atoms with Gasteiger partial charge in [-0.05, 0) is 76.0 Å². The quantitative estimate of drug-likeness (QED) is 0.526. The van der Waals surface area contributed by atoms with Gasteiger partial charge in [0.15, 0.2) is 0 Å². The summed E-state index contributed by atoms with van der Waals surface area (Å²) >= 11 is 0. The monoisotopic (exact) mass is 547 g/mol. The van der Waals surface area contributed by atoms with Crippen LogP contribution in [0.3, 0.4) is 0 Å². The van der Waals surface area contributed by atoms with Gasteiger partial charge in [-0.15, -0.1) is 0 Å². The van der Waals surface area contributed by atoms with Gasteiger partial charge in [0.05, 0.1) is 10.5 Å². The summed E-state index contributed by atoms with van der Waals surface area (Å²) in [5.41, 5.74) is -1.85. The third-order valence-corrected chi connectivity index (χ3v) is 9.02. The molecule has 1 aromatic rings. The number of sulfonamides is 1. The zero-order valence-corrected chi connectivity index (χ0v) is 22.6. The van der Waals surface area contributed by atoms with E-state index in [9.17, 15) is 36.3 Å². The number of hydrogen-bond acceptors (Lipinski definition) is 4. The van der Waals surface area contributed by atoms with Gasteiger partial charge in [0, 0.05) is 24.7 Å². The molecule has 4 atom stereocenters. The zero-order valence-electron chi connectivity index (χ0n) is 21.7. The number of halogens is 3. The molecule has 0 radical (unpaired) electrons. The van der Waals surface area contributed by atoms with Crippen molar-refractivity contribution in [3.8, 4) is 0 Å². The Morgan fingerprint density at radius 3 is 2.35 bits per heavy atom. The minimum Gasteiger partial charge on any atom is -0.465 e. The van der Waals surface area contributed by atoms with E-state index in [0.717, 1.165) is 23.1 Å². The number of rotatable bonds is 7. The van der Waals surface area contributed by atoms with E-state index < -0.39 is 50.2 Å². The lowest BCUT2D eigenvalue weighted by molar-refractivity contribution is -0.137. The van der Waals surface area contributed by atoms with Gasteiger partial charge < -0.3 is 10.4 Å². The molecule has 3 rings (SSSR count). The number of nitrogens with one attached hydrogen (secondary N) is 1. The lowest BCUT2D eigenvalue weighted by Gasteiger charge is -2.40. The molecule has 1 aromatic carbocycles. The van der Waals surface area contributed by atoms with Crippen molar-refractivity contribution < 1.29 is 36.3 Å². The van der Waals surface area contributed by atoms with E-state index in [0.29, 0.717) is 25.3 Å². The van der Waals surface area contributed by atoms with Crippen LogP contribution in [0.4, 0.5) is 18.0 Å². The Labute approximate surface area is 216 Å². The van der Waals surface area contributed by atoms with Crippen LogP contribution in [0.5, 0.6) is 0 Å². The first-order valence-corrected chi connectivity index (χ1v) is 13.9. The van der Waals surface area contributed by atoms with Crippen LogP contribution in [-0.4, -0.2) is 65.4 Å². The average molecular weight is 548 g/mol. The van der Waals surface area contributed by atoms with Gasteiger partial charge >= 0.3 is 12.3 Å². The van der Waals surface area contributed by atoms with E-state index in [1.807, 2.05) is 13.8 Å². The van der Waals surface area contributed by atoms with Crippen LogP contribution in [-0.2, 0) is 21.0 Å². The largest absolute Gasteiger partial charge is 0.465 e. The summed E-state index contributed by atoms with van der Waals surface area (Å²) in [5.74, 6) is -0.628. The molecular weight excluding hydrogens is 511 g/mol. The molecule has 2 fully saturated rings. The molecular formula is C25H36F3N3O5S. The Morgan fingerprint density at radius 2 is 1.81 bits per heavy atom. The molecule has 1 saturated carbocycles. The van der Waals surface area contributed by atoms with Gasteiger partial charge in [0.25, 0.3) is 0 Å². The Balaban J connectivity index is 1.78. The molecule has 1 heterocycles. The molecule has 0 unspecified atom stereocenters. The lowest BCUT2D eigenvalue weighted by atomic mass is 9.94. The maximum absolute atomic E-state index is 13.4. The van der Waals surface area contributed by atoms with Crippen LogP contribution >= 0.6 is 0 Å². The molecule has 2 aliphatic rings. The van der Waals surface area contributed by atoms with Gasteiger partial charge in [-0.25, -0.2) is 13.2 Å². The topological polar surface area (TPSA) is 107 Å². The Hall–Kier alpha value is -2.34. The van der Waals surface area contributed by atoms with Crippen LogP contribution in [0, 0.1) is 17.8 Å². The number of carbonyl (C=O) groups excluding carboxylic acids is 1. The van der Waals surface area contributed by atoms with E-state index in [-0.39, 0.29) is 36.9 Å². The van der Waals surface area contributed by atoms with E-state index >= 15 is 0 Å². The van der Waals surface area contributed by atoms with E-state index in [4.69, 9.17) is 0 Å². The highest BCUT2D eigenvalue weighted by Crippen LogP contribution is 2.41. The van der Waals surface area contributed by atoms with Crippen molar-refractivity contribution in [2.75, 3.05) is 13.1 Å². The second kappa shape index (κ2) is 10.4. The lowest BCUT2D eigenvalue weighted by Crippen LogP contribution is -2.58. The summed E-state index contributed by atoms with van der Waals surface area (Å²) in [5, 5.41) is 12.8. The second-order valence-corrected chi connectivity index (χ2v) is 13.4. The molecule has 1 aliphatic heterocycles. The van der Waals surface area contributed by atoms with Crippen molar-refractivity contribution in [1.29, 1.82) is 0 Å². The van der Waals surface area contributed by atoms with Gasteiger partial charge in [-0.2, -0.15) is 17.5 Å². The number of fused-ring (bicyclic) bond motifs is 1. The predicted molar refractivity (Wildman–Crippen MR) is 131 cm³/mol. The highest BCUT2D eigenvalue weighted by Gasteiger charge is 2.48. The fraction of sp³-hybridized carbons (Fsp3) is 0.680. The van der Waals surface area contributed by atoms with Crippen molar-refractivity contribution >= 4 is 22.0 Å². The molecule has 37 heavy (non-hydrogen) atoms. The minimum atomic E-state index is -4.66. The molecule has 0 bridgehead atoms. The number of alkyl halides is 3. The van der Waals surface area contributed by atoms with Crippen molar-refractivity contribution in [2.24, 2.45) is 17.8 Å². The van der Waals surface area contributed by atoms with Crippen LogP contribution in [0.15, 0.2) is 29.2 Å². The van der Waals surface area contributed by atoms with E-state index in [2.05, 4.69) is 5.32 Å². The standard InChI is InChI=1S/C25H36F3N3O5S/c1-15(2)11-21(31(23(33)34)24(3,4)5)22(32)29-20-10-9-16-13-30(14-19(16)20)37(35,36)18-8-6-7-17(12-18)25(26,27)28/h6-8,12,15-16,19-21H,9-11,13-14H2,1-5H3,(H,29,32)(H,33,34)/t16-,19+,20+,21+/m1/s1. The van der Waals surface area contributed by atoms with Gasteiger partial charge in [0.1, 0.15) is 6.04 Å². The van der Waals surface area contributed by atoms with Crippen LogP contribution in [0.25, 0.3) is 0 Å². The van der Waals surface area contributed by atoms with Gasteiger partial charge in [0.2, 0.25) is 15.9 Å². The number of hydrogen-bond donors (Lipinski definition) is 2. The summed E-state index contributed by atoms with van der Waals surface area (Å²) in [7, 11) is -4.16. The van der Waals surface area contributed by atoms with Crippen molar-refractivity contribution in [1.82, 2.24) is 14.5 Å². The predicted octanol–water partition coefficient (Wildman–Crippen LogP) is 4.41. The summed E-state index contributed by atoms with van der Waals surface area (Å²) in [4.78, 5) is 26.2. The number of benzene rings is 1. The van der Waals surface area contributed by atoms with Crippen LogP contribution in [0.2, 0.25) is 0 Å². The van der Waals surface area contributed by atoms with Crippen molar-refractivity contribution in [3.05, 3.63) is 29.8 Å². The summed E-state index contributed by atoms with van der Waals surface area (Å²) in [6, 6.07) is 2.43. The van der Waals surface area contributed by atoms with Gasteiger partial charge in [-0.3, -0.25) is 9.69 Å². The third-order valence-electron chi connectivity index (χ3n) is 7.19. The number of carbonyl (C=O) groups is 2. The fourth-order valence-electron chi connectivity index (χ4n) is 5.52. The van der Waals surface area contributed by atoms with Crippen molar-refractivity contribution in [2.45, 2.75) is 82.6 Å². The molecule has 208 valence electrons. The molecule has 0 spiro atoms. The minimum absolute atomic E-state index is 0.0485. The Kier molecular flexibility index (Phi) is 8.24. The van der Waals surface area contributed by atoms with Crippen LogP contribution in [0.1, 0.15) is 59.4 Å². The van der Waals surface area contributed by atoms with Gasteiger partial charge in [-0.1, -0.05) is 19.9 Å². The Bertz CT molecular complexity index is 1120. The molecule has 12 heteroatoms. The van der Waals surface area contributed by atoms with Crippen molar-refractivity contribution in [3.63, 3.8) is 0 Å². The van der Waals surface area contributed by atoms with E-state index in [1.54, 1.807) is 20.8 Å². The highest BCUT2D eigenvalue weighted by atomic mass is 32.2. The highest BCUT2D eigenvalue weighted by molar-refractivity contribution is 7.89. The first kappa shape index (κ1) is 29.2. The maximum atomic E-state index is 13.4. The number of carboxylic acid groups (broad SMARTS) is 1. The fourth-order valence-corrected chi connectivity index (χ4v) is 7.11. The second-order valence-electron chi connectivity index (χ2n) is 11.4. The maximum Gasteiger partial charge on any atom is 0.416 e. The first-order valence-electron chi connectivity index (χ1n) is 12.4. The molecule has 2 amide bonds. The molecule has 8 nitrogen and oxygen atoms in total. The Morgan fingerprint density at radius 1 is 1.16 bits per heavy atom. The molecule has 1 aliphatic carbocycles. The average Bonchev–Trinajstić information content (AvgIpc) is 3.33. The number of nitrogens with zero attached hydrogens (tertiary/aromatic N) is 2. The smallest absolute Gasteiger partial charge is 0.416 e.